The maximum absolute atomic E-state index is 12.1. The highest BCUT2D eigenvalue weighted by atomic mass is 127. The lowest BCUT2D eigenvalue weighted by Crippen LogP contribution is -2.41. The molecule has 1 aromatic carbocycles. The molecule has 0 atom stereocenters. The molecular formula is C20H35IN4O3S. The topological polar surface area (TPSA) is 91.8 Å². The number of nitrogens with zero attached hydrogens (tertiary/aromatic N) is 1. The summed E-state index contributed by atoms with van der Waals surface area (Å²) < 4.78 is 32.8. The van der Waals surface area contributed by atoms with Gasteiger partial charge in [0.2, 0.25) is 10.0 Å². The molecule has 29 heavy (non-hydrogen) atoms. The van der Waals surface area contributed by atoms with Crippen molar-refractivity contribution in [2.45, 2.75) is 52.2 Å². The molecule has 0 radical (unpaired) electrons. The quantitative estimate of drug-likeness (QED) is 0.256. The molecule has 0 spiro atoms. The molecule has 0 bridgehead atoms. The first-order valence-electron chi connectivity index (χ1n) is 9.87. The molecule has 1 aromatic rings. The van der Waals surface area contributed by atoms with Gasteiger partial charge in [-0.1, -0.05) is 24.6 Å². The van der Waals surface area contributed by atoms with E-state index in [0.717, 1.165) is 24.2 Å². The van der Waals surface area contributed by atoms with Crippen molar-refractivity contribution in [3.63, 3.8) is 0 Å². The van der Waals surface area contributed by atoms with Gasteiger partial charge >= 0.3 is 0 Å². The van der Waals surface area contributed by atoms with Gasteiger partial charge in [-0.25, -0.2) is 13.1 Å². The van der Waals surface area contributed by atoms with Gasteiger partial charge in [0.25, 0.3) is 0 Å². The zero-order valence-electron chi connectivity index (χ0n) is 17.8. The first kappa shape index (κ1) is 26.0. The number of aliphatic imine (C=N–C) groups is 1. The molecule has 1 fully saturated rings. The molecular weight excluding hydrogens is 503 g/mol. The Morgan fingerprint density at radius 1 is 1.21 bits per heavy atom. The maximum Gasteiger partial charge on any atom is 0.213 e. The number of para-hydroxylation sites is 1. The predicted octanol–water partition coefficient (Wildman–Crippen LogP) is 2.87. The standard InChI is InChI=1S/C20H34N4O3S.HI/c1-20(2,3)27-18-11-6-5-10-17(18)15-23-19(21-4)22-12-13-28(25,26)24-14-16-8-7-9-16;/h5-6,10-11,16,24H,7-9,12-15H2,1-4H3,(H2,21,22,23);1H. The summed E-state index contributed by atoms with van der Waals surface area (Å²) in [6, 6.07) is 7.84. The summed E-state index contributed by atoms with van der Waals surface area (Å²) in [5.74, 6) is 1.90. The van der Waals surface area contributed by atoms with E-state index in [0.29, 0.717) is 31.5 Å². The zero-order chi connectivity index (χ0) is 20.6. The van der Waals surface area contributed by atoms with Crippen LogP contribution >= 0.6 is 24.0 Å². The molecule has 9 heteroatoms. The Morgan fingerprint density at radius 2 is 1.90 bits per heavy atom. The number of ether oxygens (including phenoxy) is 1. The van der Waals surface area contributed by atoms with E-state index in [2.05, 4.69) is 20.3 Å². The molecule has 166 valence electrons. The van der Waals surface area contributed by atoms with Gasteiger partial charge in [-0.05, 0) is 45.6 Å². The fourth-order valence-electron chi connectivity index (χ4n) is 2.80. The van der Waals surface area contributed by atoms with E-state index in [-0.39, 0.29) is 35.3 Å². The van der Waals surface area contributed by atoms with Crippen molar-refractivity contribution in [1.82, 2.24) is 15.4 Å². The molecule has 0 aromatic heterocycles. The first-order chi connectivity index (χ1) is 13.2. The number of guanidine groups is 1. The van der Waals surface area contributed by atoms with E-state index in [1.165, 1.54) is 6.42 Å². The maximum atomic E-state index is 12.1. The number of benzene rings is 1. The number of hydrogen-bond acceptors (Lipinski definition) is 4. The minimum absolute atomic E-state index is 0. The second-order valence-corrected chi connectivity index (χ2v) is 10.1. The van der Waals surface area contributed by atoms with Gasteiger partial charge in [0, 0.05) is 32.2 Å². The third kappa shape index (κ3) is 9.99. The van der Waals surface area contributed by atoms with Gasteiger partial charge in [0.15, 0.2) is 5.96 Å². The number of sulfonamides is 1. The van der Waals surface area contributed by atoms with Crippen LogP contribution < -0.4 is 20.1 Å². The fraction of sp³-hybridized carbons (Fsp3) is 0.650. The number of nitrogens with one attached hydrogen (secondary N) is 3. The van der Waals surface area contributed by atoms with E-state index in [1.807, 2.05) is 45.0 Å². The summed E-state index contributed by atoms with van der Waals surface area (Å²) in [5.41, 5.74) is 0.729. The lowest BCUT2D eigenvalue weighted by atomic mass is 9.86. The second kappa shape index (κ2) is 11.9. The summed E-state index contributed by atoms with van der Waals surface area (Å²) in [6.07, 6.45) is 3.45. The largest absolute Gasteiger partial charge is 0.488 e. The van der Waals surface area contributed by atoms with Crippen LogP contribution in [0.15, 0.2) is 29.3 Å². The molecule has 0 aliphatic heterocycles. The summed E-state index contributed by atoms with van der Waals surface area (Å²) in [6.45, 7) is 7.41. The zero-order valence-corrected chi connectivity index (χ0v) is 21.0. The van der Waals surface area contributed by atoms with E-state index in [9.17, 15) is 8.42 Å². The Labute approximate surface area is 192 Å². The SMILES string of the molecule is CN=C(NCCS(=O)(=O)NCC1CCC1)NCc1ccccc1OC(C)(C)C.I. The van der Waals surface area contributed by atoms with Gasteiger partial charge in [-0.15, -0.1) is 24.0 Å². The Kier molecular flexibility index (Phi) is 10.7. The summed E-state index contributed by atoms with van der Waals surface area (Å²) >= 11 is 0. The lowest BCUT2D eigenvalue weighted by molar-refractivity contribution is 0.129. The highest BCUT2D eigenvalue weighted by Gasteiger charge is 2.20. The number of hydrogen-bond donors (Lipinski definition) is 3. The molecule has 0 amide bonds. The van der Waals surface area contributed by atoms with Crippen LogP contribution in [0.4, 0.5) is 0 Å². The van der Waals surface area contributed by atoms with Gasteiger partial charge < -0.3 is 15.4 Å². The van der Waals surface area contributed by atoms with Crippen LogP contribution in [-0.2, 0) is 16.6 Å². The van der Waals surface area contributed by atoms with Crippen molar-refractivity contribution in [2.24, 2.45) is 10.9 Å². The molecule has 0 unspecified atom stereocenters. The predicted molar refractivity (Wildman–Crippen MR) is 130 cm³/mol. The first-order valence-corrected chi connectivity index (χ1v) is 11.5. The van der Waals surface area contributed by atoms with Crippen LogP contribution in [0, 0.1) is 5.92 Å². The minimum atomic E-state index is -3.27. The Hall–Kier alpha value is -1.07. The molecule has 1 aliphatic carbocycles. The highest BCUT2D eigenvalue weighted by molar-refractivity contribution is 14.0. The third-order valence-electron chi connectivity index (χ3n) is 4.54. The molecule has 3 N–H and O–H groups in total. The van der Waals surface area contributed by atoms with Crippen molar-refractivity contribution < 1.29 is 13.2 Å². The van der Waals surface area contributed by atoms with Crippen LogP contribution in [0.2, 0.25) is 0 Å². The summed E-state index contributed by atoms with van der Waals surface area (Å²) in [5, 5.41) is 6.27. The third-order valence-corrected chi connectivity index (χ3v) is 5.89. The fourth-order valence-corrected chi connectivity index (χ4v) is 3.80. The molecule has 1 saturated carbocycles. The van der Waals surface area contributed by atoms with Crippen molar-refractivity contribution in [1.29, 1.82) is 0 Å². The van der Waals surface area contributed by atoms with Crippen LogP contribution in [0.5, 0.6) is 5.75 Å². The van der Waals surface area contributed by atoms with E-state index in [1.54, 1.807) is 7.05 Å². The number of rotatable bonds is 9. The summed E-state index contributed by atoms with van der Waals surface area (Å²) in [4.78, 5) is 4.16. The molecule has 7 nitrogen and oxygen atoms in total. The Bertz CT molecular complexity index is 759. The number of halogens is 1. The van der Waals surface area contributed by atoms with Crippen molar-refractivity contribution in [3.05, 3.63) is 29.8 Å². The van der Waals surface area contributed by atoms with Gasteiger partial charge in [-0.2, -0.15) is 0 Å². The monoisotopic (exact) mass is 538 g/mol. The van der Waals surface area contributed by atoms with Gasteiger partial charge in [0.1, 0.15) is 11.4 Å². The average Bonchev–Trinajstić information content (AvgIpc) is 2.56. The van der Waals surface area contributed by atoms with Crippen molar-refractivity contribution in [2.75, 3.05) is 25.9 Å². The van der Waals surface area contributed by atoms with Gasteiger partial charge in [-0.3, -0.25) is 4.99 Å². The van der Waals surface area contributed by atoms with E-state index in [4.69, 9.17) is 4.74 Å². The Morgan fingerprint density at radius 3 is 2.48 bits per heavy atom. The second-order valence-electron chi connectivity index (χ2n) is 8.14. The van der Waals surface area contributed by atoms with Crippen LogP contribution in [0.3, 0.4) is 0 Å². The molecule has 2 rings (SSSR count). The molecule has 0 saturated heterocycles. The van der Waals surface area contributed by atoms with E-state index >= 15 is 0 Å². The lowest BCUT2D eigenvalue weighted by Gasteiger charge is -2.25. The van der Waals surface area contributed by atoms with Crippen LogP contribution in [0.1, 0.15) is 45.6 Å². The van der Waals surface area contributed by atoms with E-state index < -0.39 is 10.0 Å². The normalized spacial score (nSPS) is 15.2. The van der Waals surface area contributed by atoms with Crippen molar-refractivity contribution in [3.8, 4) is 5.75 Å². The molecule has 1 aliphatic rings. The average molecular weight is 538 g/mol. The Balaban J connectivity index is 0.00000420. The van der Waals surface area contributed by atoms with Gasteiger partial charge in [0.05, 0.1) is 5.75 Å². The van der Waals surface area contributed by atoms with Crippen LogP contribution in [-0.4, -0.2) is 45.9 Å². The molecule has 0 heterocycles. The minimum Gasteiger partial charge on any atom is -0.488 e. The van der Waals surface area contributed by atoms with Crippen molar-refractivity contribution >= 4 is 40.0 Å². The highest BCUT2D eigenvalue weighted by Crippen LogP contribution is 2.25. The van der Waals surface area contributed by atoms with Crippen LogP contribution in [0.25, 0.3) is 0 Å². The summed E-state index contributed by atoms with van der Waals surface area (Å²) in [7, 11) is -1.60. The smallest absolute Gasteiger partial charge is 0.213 e.